The normalized spacial score (nSPS) is 15.0. The molecule has 1 saturated heterocycles. The van der Waals surface area contributed by atoms with Crippen LogP contribution in [0, 0.1) is 0 Å². The molecule has 0 bridgehead atoms. The summed E-state index contributed by atoms with van der Waals surface area (Å²) in [7, 11) is 3.97. The molecule has 0 saturated carbocycles. The Labute approximate surface area is 173 Å². The van der Waals surface area contributed by atoms with Crippen LogP contribution in [-0.2, 0) is 0 Å². The van der Waals surface area contributed by atoms with E-state index in [9.17, 15) is 4.79 Å². The summed E-state index contributed by atoms with van der Waals surface area (Å²) < 4.78 is 7.10. The second kappa shape index (κ2) is 7.97. The number of rotatable bonds is 4. The van der Waals surface area contributed by atoms with E-state index in [2.05, 4.69) is 4.98 Å². The molecule has 146 valence electrons. The van der Waals surface area contributed by atoms with Gasteiger partial charge in [-0.3, -0.25) is 4.79 Å². The minimum Gasteiger partial charge on any atom is -0.467 e. The zero-order chi connectivity index (χ0) is 19.7. The predicted molar refractivity (Wildman–Crippen MR) is 115 cm³/mol. The van der Waals surface area contributed by atoms with Gasteiger partial charge in [0.1, 0.15) is 11.6 Å². The molecule has 7 heteroatoms. The Bertz CT molecular complexity index is 979. The Balaban J connectivity index is 1.36. The molecule has 1 fully saturated rings. The van der Waals surface area contributed by atoms with Crippen molar-refractivity contribution in [2.45, 2.75) is 18.9 Å². The van der Waals surface area contributed by atoms with Gasteiger partial charge in [0.2, 0.25) is 0 Å². The van der Waals surface area contributed by atoms with Gasteiger partial charge in [0, 0.05) is 51.3 Å². The van der Waals surface area contributed by atoms with E-state index >= 15 is 0 Å². The number of hydrogen-bond acceptors (Lipinski definition) is 5. The zero-order valence-electron chi connectivity index (χ0n) is 15.9. The summed E-state index contributed by atoms with van der Waals surface area (Å²) in [5.74, 6) is 0.0792. The Morgan fingerprint density at radius 3 is 2.54 bits per heavy atom. The molecule has 0 radical (unpaired) electrons. The molecule has 0 atom stereocenters. The van der Waals surface area contributed by atoms with Crippen molar-refractivity contribution in [1.29, 1.82) is 0 Å². The fraction of sp³-hybridized carbons (Fsp3) is 0.333. The molecule has 28 heavy (non-hydrogen) atoms. The highest BCUT2D eigenvalue weighted by Crippen LogP contribution is 2.33. The summed E-state index contributed by atoms with van der Waals surface area (Å²) in [6.07, 6.45) is 1.66. The van der Waals surface area contributed by atoms with Crippen molar-refractivity contribution >= 4 is 44.7 Å². The number of thiazole rings is 1. The van der Waals surface area contributed by atoms with Crippen LogP contribution in [0.25, 0.3) is 10.2 Å². The summed E-state index contributed by atoms with van der Waals surface area (Å²) >= 11 is 7.70. The van der Waals surface area contributed by atoms with Crippen molar-refractivity contribution in [1.82, 2.24) is 9.88 Å². The van der Waals surface area contributed by atoms with E-state index in [1.165, 1.54) is 11.3 Å². The standard InChI is InChI=1S/C21H22ClN3O2S/c1-24(2)15-8-6-14(7-9-15)20(26)25-12-10-16(11-13-25)27-21-23-19-17(22)4-3-5-18(19)28-21/h3-9,16H,10-13H2,1-2H3. The molecular formula is C21H22ClN3O2S. The molecule has 2 aromatic carbocycles. The van der Waals surface area contributed by atoms with Gasteiger partial charge in [0.15, 0.2) is 0 Å². The van der Waals surface area contributed by atoms with Gasteiger partial charge in [-0.25, -0.2) is 4.98 Å². The molecule has 3 aromatic rings. The number of aromatic nitrogens is 1. The predicted octanol–water partition coefficient (Wildman–Crippen LogP) is 4.70. The second-order valence-electron chi connectivity index (χ2n) is 7.12. The lowest BCUT2D eigenvalue weighted by Gasteiger charge is -2.31. The van der Waals surface area contributed by atoms with Gasteiger partial charge >= 0.3 is 0 Å². The monoisotopic (exact) mass is 415 g/mol. The second-order valence-corrected chi connectivity index (χ2v) is 8.52. The van der Waals surface area contributed by atoms with Gasteiger partial charge < -0.3 is 14.5 Å². The molecule has 0 unspecified atom stereocenters. The molecule has 2 heterocycles. The van der Waals surface area contributed by atoms with Gasteiger partial charge in [-0.2, -0.15) is 0 Å². The number of hydrogen-bond donors (Lipinski definition) is 0. The highest BCUT2D eigenvalue weighted by atomic mass is 35.5. The number of halogens is 1. The lowest BCUT2D eigenvalue weighted by Crippen LogP contribution is -2.41. The average molecular weight is 416 g/mol. The van der Waals surface area contributed by atoms with Crippen molar-refractivity contribution in [3.05, 3.63) is 53.1 Å². The number of carbonyl (C=O) groups excluding carboxylic acids is 1. The number of fused-ring (bicyclic) bond motifs is 1. The fourth-order valence-electron chi connectivity index (χ4n) is 3.35. The van der Waals surface area contributed by atoms with E-state index < -0.39 is 0 Å². The molecule has 0 N–H and O–H groups in total. The number of nitrogens with zero attached hydrogens (tertiary/aromatic N) is 3. The van der Waals surface area contributed by atoms with Gasteiger partial charge in [0.25, 0.3) is 11.1 Å². The van der Waals surface area contributed by atoms with Gasteiger partial charge in [-0.15, -0.1) is 0 Å². The molecular weight excluding hydrogens is 394 g/mol. The number of piperidine rings is 1. The molecule has 1 aliphatic heterocycles. The van der Waals surface area contributed by atoms with Crippen LogP contribution >= 0.6 is 22.9 Å². The quantitative estimate of drug-likeness (QED) is 0.619. The largest absolute Gasteiger partial charge is 0.467 e. The zero-order valence-corrected chi connectivity index (χ0v) is 17.5. The Morgan fingerprint density at radius 1 is 1.18 bits per heavy atom. The number of ether oxygens (including phenoxy) is 1. The minimum atomic E-state index is 0.0690. The van der Waals surface area contributed by atoms with E-state index in [-0.39, 0.29) is 12.0 Å². The number of para-hydroxylation sites is 1. The summed E-state index contributed by atoms with van der Waals surface area (Å²) in [5, 5.41) is 1.29. The Hall–Kier alpha value is -2.31. The summed E-state index contributed by atoms with van der Waals surface area (Å²) in [6, 6.07) is 13.5. The SMILES string of the molecule is CN(C)c1ccc(C(=O)N2CCC(Oc3nc4c(Cl)cccc4s3)CC2)cc1. The van der Waals surface area contributed by atoms with Crippen molar-refractivity contribution in [3.8, 4) is 5.19 Å². The first-order valence-corrected chi connectivity index (χ1v) is 10.5. The van der Waals surface area contributed by atoms with Crippen LogP contribution in [0.1, 0.15) is 23.2 Å². The first-order valence-electron chi connectivity index (χ1n) is 9.29. The number of benzene rings is 2. The van der Waals surface area contributed by atoms with E-state index in [0.29, 0.717) is 23.3 Å². The highest BCUT2D eigenvalue weighted by Gasteiger charge is 2.25. The van der Waals surface area contributed by atoms with Crippen molar-refractivity contribution < 1.29 is 9.53 Å². The topological polar surface area (TPSA) is 45.7 Å². The number of amides is 1. The minimum absolute atomic E-state index is 0.0690. The smallest absolute Gasteiger partial charge is 0.274 e. The van der Waals surface area contributed by atoms with Gasteiger partial charge in [-0.05, 0) is 36.4 Å². The first kappa shape index (κ1) is 19.0. The van der Waals surface area contributed by atoms with Crippen LogP contribution in [0.5, 0.6) is 5.19 Å². The third-order valence-electron chi connectivity index (χ3n) is 4.98. The third kappa shape index (κ3) is 3.93. The van der Waals surface area contributed by atoms with Gasteiger partial charge in [-0.1, -0.05) is 29.0 Å². The van der Waals surface area contributed by atoms with Crippen LogP contribution < -0.4 is 9.64 Å². The maximum Gasteiger partial charge on any atom is 0.274 e. The van der Waals surface area contributed by atoms with Gasteiger partial charge in [0.05, 0.1) is 9.72 Å². The first-order chi connectivity index (χ1) is 13.5. The maximum absolute atomic E-state index is 12.7. The van der Waals surface area contributed by atoms with Crippen molar-refractivity contribution in [3.63, 3.8) is 0 Å². The van der Waals surface area contributed by atoms with E-state index in [4.69, 9.17) is 16.3 Å². The van der Waals surface area contributed by atoms with Crippen LogP contribution in [-0.4, -0.2) is 49.1 Å². The number of anilines is 1. The number of carbonyl (C=O) groups is 1. The van der Waals surface area contributed by atoms with Crippen molar-refractivity contribution in [2.24, 2.45) is 0 Å². The van der Waals surface area contributed by atoms with E-state index in [1.807, 2.05) is 66.4 Å². The van der Waals surface area contributed by atoms with Crippen LogP contribution in [0.3, 0.4) is 0 Å². The fourth-order valence-corrected chi connectivity index (χ4v) is 4.53. The molecule has 1 amide bonds. The highest BCUT2D eigenvalue weighted by molar-refractivity contribution is 7.20. The van der Waals surface area contributed by atoms with E-state index in [0.717, 1.165) is 34.3 Å². The summed E-state index contributed by atoms with van der Waals surface area (Å²) in [4.78, 5) is 21.2. The molecule has 0 aliphatic carbocycles. The van der Waals surface area contributed by atoms with Crippen LogP contribution in [0.15, 0.2) is 42.5 Å². The number of likely N-dealkylation sites (tertiary alicyclic amines) is 1. The molecule has 4 rings (SSSR count). The molecule has 1 aromatic heterocycles. The molecule has 0 spiro atoms. The lowest BCUT2D eigenvalue weighted by molar-refractivity contribution is 0.0595. The summed E-state index contributed by atoms with van der Waals surface area (Å²) in [5.41, 5.74) is 2.60. The third-order valence-corrected chi connectivity index (χ3v) is 6.19. The molecule has 5 nitrogen and oxygen atoms in total. The van der Waals surface area contributed by atoms with Crippen LogP contribution in [0.2, 0.25) is 5.02 Å². The van der Waals surface area contributed by atoms with E-state index in [1.54, 1.807) is 0 Å². The average Bonchev–Trinajstić information content (AvgIpc) is 3.12. The van der Waals surface area contributed by atoms with Crippen LogP contribution in [0.4, 0.5) is 5.69 Å². The summed E-state index contributed by atoms with van der Waals surface area (Å²) in [6.45, 7) is 1.37. The van der Waals surface area contributed by atoms with Crippen molar-refractivity contribution in [2.75, 3.05) is 32.1 Å². The Morgan fingerprint density at radius 2 is 1.89 bits per heavy atom. The maximum atomic E-state index is 12.7. The molecule has 1 aliphatic rings. The lowest BCUT2D eigenvalue weighted by atomic mass is 10.1. The Kier molecular flexibility index (Phi) is 5.42.